The fourth-order valence-corrected chi connectivity index (χ4v) is 2.76. The molecule has 4 heterocycles. The van der Waals surface area contributed by atoms with Gasteiger partial charge in [-0.05, 0) is 24.3 Å². The number of hydrogen-bond acceptors (Lipinski definition) is 5. The predicted molar refractivity (Wildman–Crippen MR) is 86.2 cm³/mol. The Balaban J connectivity index is 1.53. The number of nitrogens with zero attached hydrogens (tertiary/aromatic N) is 5. The average Bonchev–Trinajstić information content (AvgIpc) is 2.95. The Kier molecular flexibility index (Phi) is 3.49. The molecule has 3 aromatic rings. The van der Waals surface area contributed by atoms with Gasteiger partial charge in [-0.2, -0.15) is 0 Å². The monoisotopic (exact) mass is 325 g/mol. The number of aryl methyl sites for hydroxylation is 1. The molecule has 1 aliphatic rings. The summed E-state index contributed by atoms with van der Waals surface area (Å²) in [4.78, 5) is 30.5. The van der Waals surface area contributed by atoms with E-state index in [0.717, 1.165) is 0 Å². The van der Waals surface area contributed by atoms with Gasteiger partial charge in [0.1, 0.15) is 12.3 Å². The summed E-state index contributed by atoms with van der Waals surface area (Å²) in [6.45, 7) is 1.11. The van der Waals surface area contributed by atoms with Crippen molar-refractivity contribution in [1.82, 2.24) is 19.2 Å². The topological polar surface area (TPSA) is 81.7 Å². The van der Waals surface area contributed by atoms with Gasteiger partial charge in [0.2, 0.25) is 11.8 Å². The number of aromatic nitrogens is 4. The Morgan fingerprint density at radius 3 is 3.04 bits per heavy atom. The van der Waals surface area contributed by atoms with Crippen molar-refractivity contribution in [2.24, 2.45) is 0 Å². The molecule has 8 heteroatoms. The van der Waals surface area contributed by atoms with Crippen LogP contribution < -0.4 is 15.3 Å². The van der Waals surface area contributed by atoms with Crippen LogP contribution in [0.5, 0.6) is 5.88 Å². The van der Waals surface area contributed by atoms with Crippen molar-refractivity contribution < 1.29 is 9.53 Å². The van der Waals surface area contributed by atoms with Gasteiger partial charge in [-0.15, -0.1) is 5.10 Å². The fraction of sp³-hybridized carbons (Fsp3) is 0.250. The highest BCUT2D eigenvalue weighted by molar-refractivity contribution is 5.94. The van der Waals surface area contributed by atoms with Gasteiger partial charge in [-0.3, -0.25) is 9.20 Å². The second kappa shape index (κ2) is 5.80. The third kappa shape index (κ3) is 2.41. The number of ether oxygens (including phenoxy) is 1. The van der Waals surface area contributed by atoms with Gasteiger partial charge >= 0.3 is 5.69 Å². The highest BCUT2D eigenvalue weighted by Crippen LogP contribution is 2.28. The van der Waals surface area contributed by atoms with Crippen LogP contribution >= 0.6 is 0 Å². The molecule has 0 N–H and O–H groups in total. The van der Waals surface area contributed by atoms with Crippen LogP contribution in [0.1, 0.15) is 6.42 Å². The molecule has 1 aliphatic heterocycles. The van der Waals surface area contributed by atoms with E-state index in [4.69, 9.17) is 4.74 Å². The number of pyridine rings is 2. The quantitative estimate of drug-likeness (QED) is 0.708. The van der Waals surface area contributed by atoms with Crippen molar-refractivity contribution in [3.63, 3.8) is 0 Å². The zero-order valence-corrected chi connectivity index (χ0v) is 12.8. The molecule has 0 atom stereocenters. The molecule has 0 bridgehead atoms. The van der Waals surface area contributed by atoms with Crippen molar-refractivity contribution in [2.75, 3.05) is 18.1 Å². The molecule has 122 valence electrons. The van der Waals surface area contributed by atoms with Gasteiger partial charge in [0.05, 0.1) is 13.1 Å². The first-order chi connectivity index (χ1) is 11.7. The average molecular weight is 325 g/mol. The maximum atomic E-state index is 12.6. The van der Waals surface area contributed by atoms with Crippen LogP contribution in [0.25, 0.3) is 5.65 Å². The van der Waals surface area contributed by atoms with E-state index in [1.807, 2.05) is 6.07 Å². The minimum atomic E-state index is -0.248. The number of anilines is 1. The van der Waals surface area contributed by atoms with E-state index in [0.29, 0.717) is 30.4 Å². The second-order valence-corrected chi connectivity index (χ2v) is 5.41. The minimum Gasteiger partial charge on any atom is -0.474 e. The van der Waals surface area contributed by atoms with Crippen molar-refractivity contribution in [3.8, 4) is 5.88 Å². The standard InChI is InChI=1S/C16H15N5O3/c22-14(19-10-11-24-15-12(19)4-3-7-17-15)6-9-21-16(23)20-8-2-1-5-13(20)18-21/h1-5,7-8H,6,9-11H2. The van der Waals surface area contributed by atoms with Gasteiger partial charge in [0.25, 0.3) is 0 Å². The molecule has 0 spiro atoms. The number of carbonyl (C=O) groups is 1. The van der Waals surface area contributed by atoms with Crippen LogP contribution in [0.3, 0.4) is 0 Å². The summed E-state index contributed by atoms with van der Waals surface area (Å²) in [6, 6.07) is 8.90. The zero-order chi connectivity index (χ0) is 16.5. The lowest BCUT2D eigenvalue weighted by molar-refractivity contribution is -0.119. The van der Waals surface area contributed by atoms with Crippen molar-refractivity contribution in [1.29, 1.82) is 0 Å². The summed E-state index contributed by atoms with van der Waals surface area (Å²) in [5.74, 6) is 0.374. The molecule has 4 rings (SSSR count). The van der Waals surface area contributed by atoms with Crippen molar-refractivity contribution in [3.05, 3.63) is 53.2 Å². The molecule has 24 heavy (non-hydrogen) atoms. The van der Waals surface area contributed by atoms with Crippen LogP contribution in [0, 0.1) is 0 Å². The summed E-state index contributed by atoms with van der Waals surface area (Å²) in [5, 5.41) is 4.23. The minimum absolute atomic E-state index is 0.0866. The molecule has 3 aromatic heterocycles. The number of hydrogen-bond donors (Lipinski definition) is 0. The highest BCUT2D eigenvalue weighted by atomic mass is 16.5. The smallest absolute Gasteiger partial charge is 0.350 e. The van der Waals surface area contributed by atoms with Gasteiger partial charge < -0.3 is 9.64 Å². The largest absolute Gasteiger partial charge is 0.474 e. The van der Waals surface area contributed by atoms with Crippen molar-refractivity contribution >= 4 is 17.2 Å². The summed E-state index contributed by atoms with van der Waals surface area (Å²) in [7, 11) is 0. The second-order valence-electron chi connectivity index (χ2n) is 5.41. The lowest BCUT2D eigenvalue weighted by Gasteiger charge is -2.28. The molecule has 0 aliphatic carbocycles. The molecule has 0 fully saturated rings. The van der Waals surface area contributed by atoms with Crippen LogP contribution in [0.15, 0.2) is 47.5 Å². The first-order valence-corrected chi connectivity index (χ1v) is 7.66. The summed E-state index contributed by atoms with van der Waals surface area (Å²) >= 11 is 0. The molecule has 1 amide bonds. The number of fused-ring (bicyclic) bond motifs is 2. The van der Waals surface area contributed by atoms with E-state index in [1.165, 1.54) is 9.08 Å². The van der Waals surface area contributed by atoms with Gasteiger partial charge in [-0.25, -0.2) is 14.5 Å². The van der Waals surface area contributed by atoms with E-state index in [2.05, 4.69) is 10.1 Å². The van der Waals surface area contributed by atoms with Crippen LogP contribution in [0.2, 0.25) is 0 Å². The van der Waals surface area contributed by atoms with E-state index in [1.54, 1.807) is 41.6 Å². The molecular weight excluding hydrogens is 310 g/mol. The third-order valence-corrected chi connectivity index (χ3v) is 3.92. The Morgan fingerprint density at radius 2 is 2.17 bits per heavy atom. The maximum Gasteiger partial charge on any atom is 0.350 e. The summed E-state index contributed by atoms with van der Waals surface area (Å²) < 4.78 is 8.22. The third-order valence-electron chi connectivity index (χ3n) is 3.92. The Labute approximate surface area is 136 Å². The van der Waals surface area contributed by atoms with Crippen molar-refractivity contribution in [2.45, 2.75) is 13.0 Å². The molecule has 0 aromatic carbocycles. The molecule has 0 unspecified atom stereocenters. The van der Waals surface area contributed by atoms with Gasteiger partial charge in [-0.1, -0.05) is 6.07 Å². The Hall–Kier alpha value is -3.16. The number of carbonyl (C=O) groups excluding carboxylic acids is 1. The molecule has 8 nitrogen and oxygen atoms in total. The number of amides is 1. The Bertz CT molecular complexity index is 962. The first kappa shape index (κ1) is 14.4. The maximum absolute atomic E-state index is 12.6. The summed E-state index contributed by atoms with van der Waals surface area (Å²) in [6.07, 6.45) is 3.47. The Morgan fingerprint density at radius 1 is 1.25 bits per heavy atom. The van der Waals surface area contributed by atoms with E-state index < -0.39 is 0 Å². The predicted octanol–water partition coefficient (Wildman–Crippen LogP) is 0.707. The van der Waals surface area contributed by atoms with Gasteiger partial charge in [0, 0.05) is 18.8 Å². The molecular formula is C16H15N5O3. The summed E-state index contributed by atoms with van der Waals surface area (Å²) in [5.41, 5.74) is 0.981. The first-order valence-electron chi connectivity index (χ1n) is 7.66. The van der Waals surface area contributed by atoms with Crippen LogP contribution in [-0.4, -0.2) is 38.2 Å². The molecule has 0 saturated heterocycles. The molecule has 0 radical (unpaired) electrons. The van der Waals surface area contributed by atoms with Crippen LogP contribution in [-0.2, 0) is 11.3 Å². The zero-order valence-electron chi connectivity index (χ0n) is 12.8. The van der Waals surface area contributed by atoms with Gasteiger partial charge in [0.15, 0.2) is 5.65 Å². The SMILES string of the molecule is O=C(CCn1nc2ccccn2c1=O)N1CCOc2ncccc21. The van der Waals surface area contributed by atoms with E-state index in [9.17, 15) is 9.59 Å². The lowest BCUT2D eigenvalue weighted by Crippen LogP contribution is -2.39. The lowest BCUT2D eigenvalue weighted by atomic mass is 10.2. The molecule has 0 saturated carbocycles. The van der Waals surface area contributed by atoms with E-state index >= 15 is 0 Å². The van der Waals surface area contributed by atoms with Crippen LogP contribution in [0.4, 0.5) is 5.69 Å². The van der Waals surface area contributed by atoms with E-state index in [-0.39, 0.29) is 24.6 Å². The normalized spacial score (nSPS) is 13.6. The fourth-order valence-electron chi connectivity index (χ4n) is 2.76. The highest BCUT2D eigenvalue weighted by Gasteiger charge is 2.24. The number of rotatable bonds is 3.